The molecular weight excluding hydrogens is 216 g/mol. The summed E-state index contributed by atoms with van der Waals surface area (Å²) in [5.41, 5.74) is 12.8. The second kappa shape index (κ2) is 4.71. The summed E-state index contributed by atoms with van der Waals surface area (Å²) in [5.74, 6) is 0.0410. The van der Waals surface area contributed by atoms with Gasteiger partial charge in [-0.2, -0.15) is 0 Å². The van der Waals surface area contributed by atoms with E-state index in [-0.39, 0.29) is 6.54 Å². The van der Waals surface area contributed by atoms with Gasteiger partial charge in [-0.25, -0.2) is 9.97 Å². The highest BCUT2D eigenvalue weighted by Crippen LogP contribution is 2.22. The van der Waals surface area contributed by atoms with E-state index in [2.05, 4.69) is 9.97 Å². The Morgan fingerprint density at radius 1 is 1.18 bits per heavy atom. The van der Waals surface area contributed by atoms with E-state index in [0.717, 1.165) is 5.56 Å². The molecule has 1 aromatic carbocycles. The van der Waals surface area contributed by atoms with Crippen molar-refractivity contribution >= 4 is 5.91 Å². The SMILES string of the molecule is NCc1c(C(N)=O)cccc1-c1ncccn1. The average Bonchev–Trinajstić information content (AvgIpc) is 2.38. The van der Waals surface area contributed by atoms with Crippen LogP contribution in [0, 0.1) is 0 Å². The molecule has 5 heteroatoms. The highest BCUT2D eigenvalue weighted by Gasteiger charge is 2.13. The lowest BCUT2D eigenvalue weighted by Gasteiger charge is -2.09. The molecule has 4 N–H and O–H groups in total. The lowest BCUT2D eigenvalue weighted by atomic mass is 10.00. The number of hydrogen-bond donors (Lipinski definition) is 2. The van der Waals surface area contributed by atoms with Gasteiger partial charge in [0.1, 0.15) is 0 Å². The Morgan fingerprint density at radius 2 is 1.88 bits per heavy atom. The molecule has 0 spiro atoms. The molecule has 0 fully saturated rings. The molecule has 0 atom stereocenters. The highest BCUT2D eigenvalue weighted by atomic mass is 16.1. The lowest BCUT2D eigenvalue weighted by Crippen LogP contribution is -2.16. The fraction of sp³-hybridized carbons (Fsp3) is 0.0833. The molecule has 0 saturated heterocycles. The first kappa shape index (κ1) is 11.2. The summed E-state index contributed by atoms with van der Waals surface area (Å²) in [6.07, 6.45) is 3.28. The minimum absolute atomic E-state index is 0.215. The summed E-state index contributed by atoms with van der Waals surface area (Å²) in [7, 11) is 0. The van der Waals surface area contributed by atoms with Gasteiger partial charge in [0.2, 0.25) is 5.91 Å². The van der Waals surface area contributed by atoms with E-state index in [9.17, 15) is 4.79 Å². The molecule has 0 radical (unpaired) electrons. The Morgan fingerprint density at radius 3 is 2.47 bits per heavy atom. The normalized spacial score (nSPS) is 10.2. The maximum Gasteiger partial charge on any atom is 0.249 e. The summed E-state index contributed by atoms with van der Waals surface area (Å²) >= 11 is 0. The van der Waals surface area contributed by atoms with Crippen molar-refractivity contribution in [1.82, 2.24) is 9.97 Å². The third-order valence-electron chi connectivity index (χ3n) is 2.45. The second-order valence-electron chi connectivity index (χ2n) is 3.47. The number of rotatable bonds is 3. The molecule has 2 rings (SSSR count). The Bertz CT molecular complexity index is 539. The van der Waals surface area contributed by atoms with Gasteiger partial charge in [0, 0.05) is 30.1 Å². The number of nitrogens with zero attached hydrogens (tertiary/aromatic N) is 2. The van der Waals surface area contributed by atoms with Crippen LogP contribution in [-0.2, 0) is 6.54 Å². The van der Waals surface area contributed by atoms with E-state index in [0.29, 0.717) is 17.0 Å². The van der Waals surface area contributed by atoms with E-state index >= 15 is 0 Å². The van der Waals surface area contributed by atoms with Gasteiger partial charge >= 0.3 is 0 Å². The standard InChI is InChI=1S/C12H12N4O/c13-7-10-8(11(14)17)3-1-4-9(10)12-15-5-2-6-16-12/h1-6H,7,13H2,(H2,14,17). The van der Waals surface area contributed by atoms with E-state index in [1.165, 1.54) is 0 Å². The summed E-state index contributed by atoms with van der Waals surface area (Å²) in [5, 5.41) is 0. The summed E-state index contributed by atoms with van der Waals surface area (Å²) < 4.78 is 0. The van der Waals surface area contributed by atoms with Gasteiger partial charge in [-0.05, 0) is 17.7 Å². The third-order valence-corrected chi connectivity index (χ3v) is 2.45. The van der Waals surface area contributed by atoms with E-state index in [1.807, 2.05) is 6.07 Å². The molecule has 1 heterocycles. The number of primary amides is 1. The fourth-order valence-corrected chi connectivity index (χ4v) is 1.69. The predicted octanol–water partition coefficient (Wildman–Crippen LogP) is 0.701. The number of aromatic nitrogens is 2. The van der Waals surface area contributed by atoms with Crippen LogP contribution < -0.4 is 11.5 Å². The number of carbonyl (C=O) groups is 1. The second-order valence-corrected chi connectivity index (χ2v) is 3.47. The molecule has 1 aromatic heterocycles. The zero-order chi connectivity index (χ0) is 12.3. The summed E-state index contributed by atoms with van der Waals surface area (Å²) in [6, 6.07) is 6.94. The maximum absolute atomic E-state index is 11.3. The fourth-order valence-electron chi connectivity index (χ4n) is 1.69. The monoisotopic (exact) mass is 228 g/mol. The number of carbonyl (C=O) groups excluding carboxylic acids is 1. The number of benzene rings is 1. The summed E-state index contributed by atoms with van der Waals surface area (Å²) in [4.78, 5) is 19.6. The van der Waals surface area contributed by atoms with E-state index < -0.39 is 5.91 Å². The van der Waals surface area contributed by atoms with Crippen LogP contribution in [0.25, 0.3) is 11.4 Å². The van der Waals surface area contributed by atoms with Gasteiger partial charge in [-0.1, -0.05) is 12.1 Å². The van der Waals surface area contributed by atoms with Crippen LogP contribution >= 0.6 is 0 Å². The van der Waals surface area contributed by atoms with Gasteiger partial charge in [0.05, 0.1) is 0 Å². The van der Waals surface area contributed by atoms with E-state index in [4.69, 9.17) is 11.5 Å². The van der Waals surface area contributed by atoms with Crippen LogP contribution in [0.3, 0.4) is 0 Å². The zero-order valence-corrected chi connectivity index (χ0v) is 9.13. The largest absolute Gasteiger partial charge is 0.366 e. The van der Waals surface area contributed by atoms with Crippen molar-refractivity contribution in [3.8, 4) is 11.4 Å². The average molecular weight is 228 g/mol. The van der Waals surface area contributed by atoms with Crippen LogP contribution in [0.15, 0.2) is 36.7 Å². The first-order chi connectivity index (χ1) is 8.24. The summed E-state index contributed by atoms with van der Waals surface area (Å²) in [6.45, 7) is 0.215. The topological polar surface area (TPSA) is 94.9 Å². The molecule has 0 aliphatic heterocycles. The number of amides is 1. The minimum Gasteiger partial charge on any atom is -0.366 e. The van der Waals surface area contributed by atoms with Crippen LogP contribution in [0.4, 0.5) is 0 Å². The smallest absolute Gasteiger partial charge is 0.249 e. The maximum atomic E-state index is 11.3. The lowest BCUT2D eigenvalue weighted by molar-refractivity contribution is 0.0999. The molecule has 0 bridgehead atoms. The van der Waals surface area contributed by atoms with Crippen molar-refractivity contribution in [2.24, 2.45) is 11.5 Å². The molecule has 0 aliphatic carbocycles. The Hall–Kier alpha value is -2.27. The molecule has 86 valence electrons. The van der Waals surface area contributed by atoms with Crippen LogP contribution in [0.2, 0.25) is 0 Å². The van der Waals surface area contributed by atoms with Crippen molar-refractivity contribution in [1.29, 1.82) is 0 Å². The molecule has 0 unspecified atom stereocenters. The van der Waals surface area contributed by atoms with Gasteiger partial charge < -0.3 is 11.5 Å². The molecule has 1 amide bonds. The van der Waals surface area contributed by atoms with Crippen molar-refractivity contribution in [3.05, 3.63) is 47.8 Å². The first-order valence-corrected chi connectivity index (χ1v) is 5.13. The third kappa shape index (κ3) is 2.14. The van der Waals surface area contributed by atoms with Crippen molar-refractivity contribution in [2.75, 3.05) is 0 Å². The van der Waals surface area contributed by atoms with Crippen molar-refractivity contribution < 1.29 is 4.79 Å². The van der Waals surface area contributed by atoms with Crippen LogP contribution in [-0.4, -0.2) is 15.9 Å². The van der Waals surface area contributed by atoms with Gasteiger partial charge in [-0.15, -0.1) is 0 Å². The minimum atomic E-state index is -0.497. The zero-order valence-electron chi connectivity index (χ0n) is 9.13. The predicted molar refractivity (Wildman–Crippen MR) is 63.9 cm³/mol. The highest BCUT2D eigenvalue weighted by molar-refractivity contribution is 5.96. The van der Waals surface area contributed by atoms with Gasteiger partial charge in [-0.3, -0.25) is 4.79 Å². The number of nitrogens with two attached hydrogens (primary N) is 2. The first-order valence-electron chi connectivity index (χ1n) is 5.13. The van der Waals surface area contributed by atoms with Gasteiger partial charge in [0.25, 0.3) is 0 Å². The molecule has 0 saturated carbocycles. The Labute approximate surface area is 98.5 Å². The molecule has 0 aliphatic rings. The quantitative estimate of drug-likeness (QED) is 0.808. The molecule has 2 aromatic rings. The molecule has 5 nitrogen and oxygen atoms in total. The van der Waals surface area contributed by atoms with Crippen molar-refractivity contribution in [2.45, 2.75) is 6.54 Å². The van der Waals surface area contributed by atoms with Crippen LogP contribution in [0.5, 0.6) is 0 Å². The van der Waals surface area contributed by atoms with Crippen molar-refractivity contribution in [3.63, 3.8) is 0 Å². The Kier molecular flexibility index (Phi) is 3.11. The van der Waals surface area contributed by atoms with E-state index in [1.54, 1.807) is 30.6 Å². The number of hydrogen-bond acceptors (Lipinski definition) is 4. The van der Waals surface area contributed by atoms with Crippen LogP contribution in [0.1, 0.15) is 15.9 Å². The molecule has 17 heavy (non-hydrogen) atoms. The molecular formula is C12H12N4O. The Balaban J connectivity index is 2.63. The van der Waals surface area contributed by atoms with Gasteiger partial charge in [0.15, 0.2) is 5.82 Å².